The predicted molar refractivity (Wildman–Crippen MR) is 100.0 cm³/mol. The van der Waals surface area contributed by atoms with Crippen molar-refractivity contribution in [3.63, 3.8) is 0 Å². The number of amides is 1. The number of aryl methyl sites for hydroxylation is 1. The summed E-state index contributed by atoms with van der Waals surface area (Å²) in [7, 11) is 1.98. The number of piperidine rings is 1. The van der Waals surface area contributed by atoms with Gasteiger partial charge in [-0.25, -0.2) is 4.68 Å². The quantitative estimate of drug-likeness (QED) is 0.910. The Bertz CT molecular complexity index is 721. The molecule has 0 saturated carbocycles. The Balaban J connectivity index is 1.74. The first kappa shape index (κ1) is 17.7. The van der Waals surface area contributed by atoms with Crippen LogP contribution in [0.25, 0.3) is 5.69 Å². The highest BCUT2D eigenvalue weighted by atomic mass is 16.2. The molecule has 0 bridgehead atoms. The topological polar surface area (TPSA) is 50.2 Å². The number of nitrogens with one attached hydrogen (secondary N) is 1. The Morgan fingerprint density at radius 2 is 2.04 bits per heavy atom. The van der Waals surface area contributed by atoms with Gasteiger partial charge in [-0.1, -0.05) is 18.2 Å². The molecule has 1 aliphatic heterocycles. The van der Waals surface area contributed by atoms with Gasteiger partial charge in [0, 0.05) is 24.3 Å². The van der Waals surface area contributed by atoms with Crippen molar-refractivity contribution < 1.29 is 4.79 Å². The molecule has 1 N–H and O–H groups in total. The minimum atomic E-state index is 0.222. The molecule has 1 amide bonds. The molecule has 5 nitrogen and oxygen atoms in total. The number of hydrogen-bond acceptors (Lipinski definition) is 3. The van der Waals surface area contributed by atoms with E-state index in [4.69, 9.17) is 0 Å². The van der Waals surface area contributed by atoms with Gasteiger partial charge < -0.3 is 10.2 Å². The van der Waals surface area contributed by atoms with Gasteiger partial charge in [0.25, 0.3) is 0 Å². The number of para-hydroxylation sites is 1. The summed E-state index contributed by atoms with van der Waals surface area (Å²) in [6, 6.07) is 10.1. The second-order valence-electron chi connectivity index (χ2n) is 6.98. The average molecular weight is 340 g/mol. The number of hydrogen-bond donors (Lipinski definition) is 1. The molecule has 0 spiro atoms. The molecule has 1 aromatic carbocycles. The lowest BCUT2D eigenvalue weighted by atomic mass is 9.97. The summed E-state index contributed by atoms with van der Waals surface area (Å²) in [6.45, 7) is 6.77. The zero-order valence-corrected chi connectivity index (χ0v) is 15.5. The van der Waals surface area contributed by atoms with E-state index in [2.05, 4.69) is 17.3 Å². The van der Waals surface area contributed by atoms with Crippen molar-refractivity contribution >= 4 is 5.91 Å². The third kappa shape index (κ3) is 3.93. The molecule has 2 aromatic rings. The molecule has 1 saturated heterocycles. The first-order valence-corrected chi connectivity index (χ1v) is 9.13. The van der Waals surface area contributed by atoms with Gasteiger partial charge in [0.05, 0.1) is 17.8 Å². The average Bonchev–Trinajstić information content (AvgIpc) is 2.91. The normalized spacial score (nSPS) is 17.7. The molecule has 1 fully saturated rings. The number of benzene rings is 1. The van der Waals surface area contributed by atoms with E-state index in [1.54, 1.807) is 0 Å². The van der Waals surface area contributed by atoms with E-state index >= 15 is 0 Å². The van der Waals surface area contributed by atoms with Crippen molar-refractivity contribution in [2.45, 2.75) is 33.1 Å². The predicted octanol–water partition coefficient (Wildman–Crippen LogP) is 2.49. The molecule has 25 heavy (non-hydrogen) atoms. The van der Waals surface area contributed by atoms with Gasteiger partial charge in [-0.15, -0.1) is 0 Å². The monoisotopic (exact) mass is 340 g/mol. The number of likely N-dealkylation sites (tertiary alicyclic amines) is 1. The van der Waals surface area contributed by atoms with Crippen molar-refractivity contribution in [1.82, 2.24) is 20.0 Å². The maximum absolute atomic E-state index is 12.8. The number of nitrogens with zero attached hydrogens (tertiary/aromatic N) is 3. The fourth-order valence-corrected chi connectivity index (χ4v) is 3.76. The highest BCUT2D eigenvalue weighted by molar-refractivity contribution is 5.79. The van der Waals surface area contributed by atoms with Crippen LogP contribution in [0.1, 0.15) is 29.8 Å². The van der Waals surface area contributed by atoms with Gasteiger partial charge in [0.2, 0.25) is 5.91 Å². The van der Waals surface area contributed by atoms with Crippen molar-refractivity contribution in [3.05, 3.63) is 47.3 Å². The molecule has 1 unspecified atom stereocenters. The second kappa shape index (κ2) is 7.83. The third-order valence-electron chi connectivity index (χ3n) is 5.13. The fraction of sp³-hybridized carbons (Fsp3) is 0.500. The smallest absolute Gasteiger partial charge is 0.227 e. The lowest BCUT2D eigenvalue weighted by Crippen LogP contribution is -2.43. The fourth-order valence-electron chi connectivity index (χ4n) is 3.76. The maximum atomic E-state index is 12.8. The highest BCUT2D eigenvalue weighted by Gasteiger charge is 2.25. The van der Waals surface area contributed by atoms with Gasteiger partial charge >= 0.3 is 0 Å². The minimum Gasteiger partial charge on any atom is -0.342 e. The van der Waals surface area contributed by atoms with Crippen LogP contribution in [-0.2, 0) is 11.2 Å². The molecule has 0 radical (unpaired) electrons. The summed E-state index contributed by atoms with van der Waals surface area (Å²) in [5, 5.41) is 7.89. The summed E-state index contributed by atoms with van der Waals surface area (Å²) in [5.74, 6) is 0.788. The van der Waals surface area contributed by atoms with Gasteiger partial charge in [0.15, 0.2) is 0 Å². The standard InChI is InChI=1S/C20H28N4O/c1-15-19(16(2)24(22-15)18-9-5-4-6-10-18)12-20(25)23-11-7-8-17(14-23)13-21-3/h4-6,9-10,17,21H,7-8,11-14H2,1-3H3. The van der Waals surface area contributed by atoms with E-state index in [1.807, 2.05) is 53.9 Å². The van der Waals surface area contributed by atoms with Gasteiger partial charge in [-0.2, -0.15) is 5.10 Å². The summed E-state index contributed by atoms with van der Waals surface area (Å²) in [5.41, 5.74) is 4.10. The number of carbonyl (C=O) groups is 1. The molecule has 134 valence electrons. The summed E-state index contributed by atoms with van der Waals surface area (Å²) >= 11 is 0. The third-order valence-corrected chi connectivity index (χ3v) is 5.13. The van der Waals surface area contributed by atoms with E-state index < -0.39 is 0 Å². The Morgan fingerprint density at radius 1 is 1.28 bits per heavy atom. The first-order valence-electron chi connectivity index (χ1n) is 9.13. The Hall–Kier alpha value is -2.14. The zero-order valence-electron chi connectivity index (χ0n) is 15.5. The maximum Gasteiger partial charge on any atom is 0.227 e. The SMILES string of the molecule is CNCC1CCCN(C(=O)Cc2c(C)nn(-c3ccccc3)c2C)C1. The van der Waals surface area contributed by atoms with Crippen LogP contribution < -0.4 is 5.32 Å². The molecular weight excluding hydrogens is 312 g/mol. The lowest BCUT2D eigenvalue weighted by Gasteiger charge is -2.32. The number of aromatic nitrogens is 2. The van der Waals surface area contributed by atoms with Gasteiger partial charge in [0.1, 0.15) is 0 Å². The zero-order chi connectivity index (χ0) is 17.8. The van der Waals surface area contributed by atoms with E-state index in [0.29, 0.717) is 12.3 Å². The number of carbonyl (C=O) groups excluding carboxylic acids is 1. The minimum absolute atomic E-state index is 0.222. The molecule has 1 aromatic heterocycles. The van der Waals surface area contributed by atoms with Crippen LogP contribution in [0.2, 0.25) is 0 Å². The van der Waals surface area contributed by atoms with Crippen LogP contribution in [0.5, 0.6) is 0 Å². The largest absolute Gasteiger partial charge is 0.342 e. The summed E-state index contributed by atoms with van der Waals surface area (Å²) in [6.07, 6.45) is 2.74. The Kier molecular flexibility index (Phi) is 5.53. The molecule has 2 heterocycles. The Labute approximate surface area is 150 Å². The van der Waals surface area contributed by atoms with E-state index in [9.17, 15) is 4.79 Å². The first-order chi connectivity index (χ1) is 12.1. The lowest BCUT2D eigenvalue weighted by molar-refractivity contribution is -0.132. The molecule has 5 heteroatoms. The second-order valence-corrected chi connectivity index (χ2v) is 6.98. The van der Waals surface area contributed by atoms with Crippen molar-refractivity contribution in [1.29, 1.82) is 0 Å². The van der Waals surface area contributed by atoms with Crippen LogP contribution in [0.3, 0.4) is 0 Å². The highest BCUT2D eigenvalue weighted by Crippen LogP contribution is 2.21. The van der Waals surface area contributed by atoms with Crippen molar-refractivity contribution in [3.8, 4) is 5.69 Å². The molecule has 1 atom stereocenters. The van der Waals surface area contributed by atoms with Gasteiger partial charge in [-0.05, 0) is 58.3 Å². The van der Waals surface area contributed by atoms with Gasteiger partial charge in [-0.3, -0.25) is 4.79 Å². The van der Waals surface area contributed by atoms with Crippen LogP contribution in [0.15, 0.2) is 30.3 Å². The number of rotatable bonds is 5. The van der Waals surface area contributed by atoms with Crippen LogP contribution in [-0.4, -0.2) is 47.3 Å². The molecular formula is C20H28N4O. The van der Waals surface area contributed by atoms with E-state index in [0.717, 1.165) is 48.7 Å². The van der Waals surface area contributed by atoms with Crippen molar-refractivity contribution in [2.24, 2.45) is 5.92 Å². The van der Waals surface area contributed by atoms with E-state index in [-0.39, 0.29) is 5.91 Å². The molecule has 1 aliphatic rings. The van der Waals surface area contributed by atoms with Crippen LogP contribution in [0.4, 0.5) is 0 Å². The van der Waals surface area contributed by atoms with Crippen LogP contribution in [0, 0.1) is 19.8 Å². The van der Waals surface area contributed by atoms with Crippen molar-refractivity contribution in [2.75, 3.05) is 26.7 Å². The van der Waals surface area contributed by atoms with E-state index in [1.165, 1.54) is 6.42 Å². The Morgan fingerprint density at radius 3 is 2.76 bits per heavy atom. The molecule has 0 aliphatic carbocycles. The summed E-state index contributed by atoms with van der Waals surface area (Å²) in [4.78, 5) is 14.9. The van der Waals surface area contributed by atoms with Crippen LogP contribution >= 0.6 is 0 Å². The molecule has 3 rings (SSSR count). The summed E-state index contributed by atoms with van der Waals surface area (Å²) < 4.78 is 1.94.